The van der Waals surface area contributed by atoms with Gasteiger partial charge in [-0.1, -0.05) is 51.3 Å². The average Bonchev–Trinajstić information content (AvgIpc) is 3.47. The van der Waals surface area contributed by atoms with Crippen molar-refractivity contribution in [3.63, 3.8) is 0 Å². The standard InChI is InChI=1S/C34H42O13/c1-14(2)27(38)33(42)43-22-10-15(3)20-12-21(16(4)25(20)31-26(22)17(5)32(41)47-31)44-34-29(40)28(39)30(23(13-35)45-34)46-24(37)11-18-6-8-19(36)9-7-18/h6-9,14,20-23,25-31,34-36,38-40H,3-5,10-13H2,1-2H3. The first-order valence-electron chi connectivity index (χ1n) is 15.6. The summed E-state index contributed by atoms with van der Waals surface area (Å²) in [5.74, 6) is -4.16. The Balaban J connectivity index is 1.28. The molecule has 0 radical (unpaired) electrons. The van der Waals surface area contributed by atoms with Gasteiger partial charge in [-0.15, -0.1) is 0 Å². The zero-order valence-corrected chi connectivity index (χ0v) is 26.3. The molecule has 13 heteroatoms. The summed E-state index contributed by atoms with van der Waals surface area (Å²) in [6, 6.07) is 5.88. The number of aliphatic hydroxyl groups excluding tert-OH is 4. The number of aromatic hydroxyl groups is 1. The van der Waals surface area contributed by atoms with Gasteiger partial charge in [0.25, 0.3) is 0 Å². The molecule has 5 rings (SSSR count). The molecule has 47 heavy (non-hydrogen) atoms. The van der Waals surface area contributed by atoms with Gasteiger partial charge >= 0.3 is 17.9 Å². The van der Waals surface area contributed by atoms with E-state index in [0.29, 0.717) is 16.7 Å². The minimum atomic E-state index is -1.68. The Morgan fingerprint density at radius 3 is 2.36 bits per heavy atom. The Hall–Kier alpha value is -3.59. The molecule has 5 N–H and O–H groups in total. The summed E-state index contributed by atoms with van der Waals surface area (Å²) in [6.07, 6.45) is -11.0. The highest BCUT2D eigenvalue weighted by atomic mass is 16.7. The number of phenols is 1. The van der Waals surface area contributed by atoms with E-state index in [9.17, 15) is 39.9 Å². The first kappa shape index (κ1) is 34.7. The van der Waals surface area contributed by atoms with Gasteiger partial charge in [-0.2, -0.15) is 0 Å². The fraction of sp³-hybridized carbons (Fsp3) is 0.559. The summed E-state index contributed by atoms with van der Waals surface area (Å²) in [5.41, 5.74) is 1.84. The highest BCUT2D eigenvalue weighted by molar-refractivity contribution is 5.91. The summed E-state index contributed by atoms with van der Waals surface area (Å²) in [7, 11) is 0. The minimum Gasteiger partial charge on any atom is -0.508 e. The number of carbonyl (C=O) groups is 3. The molecule has 12 atom stereocenters. The Morgan fingerprint density at radius 2 is 1.72 bits per heavy atom. The lowest BCUT2D eigenvalue weighted by atomic mass is 9.81. The van der Waals surface area contributed by atoms with E-state index in [4.69, 9.17) is 23.7 Å². The minimum absolute atomic E-state index is 0.0267. The molecular formula is C34H42O13. The van der Waals surface area contributed by atoms with Crippen molar-refractivity contribution in [2.24, 2.45) is 23.7 Å². The van der Waals surface area contributed by atoms with Gasteiger partial charge in [-0.05, 0) is 41.5 Å². The molecule has 2 saturated carbocycles. The van der Waals surface area contributed by atoms with Gasteiger partial charge in [-0.25, -0.2) is 9.59 Å². The van der Waals surface area contributed by atoms with Crippen LogP contribution in [-0.4, -0.2) is 105 Å². The number of benzene rings is 1. The van der Waals surface area contributed by atoms with Crippen LogP contribution < -0.4 is 0 Å². The molecule has 13 nitrogen and oxygen atoms in total. The number of rotatable bonds is 9. The average molecular weight is 659 g/mol. The lowest BCUT2D eigenvalue weighted by molar-refractivity contribution is -0.310. The van der Waals surface area contributed by atoms with Crippen molar-refractivity contribution in [1.82, 2.24) is 0 Å². The lowest BCUT2D eigenvalue weighted by Gasteiger charge is -2.42. The van der Waals surface area contributed by atoms with Gasteiger partial charge in [0.15, 0.2) is 18.5 Å². The van der Waals surface area contributed by atoms with Crippen LogP contribution in [0.25, 0.3) is 0 Å². The van der Waals surface area contributed by atoms with E-state index in [1.54, 1.807) is 13.8 Å². The molecule has 1 aromatic carbocycles. The van der Waals surface area contributed by atoms with E-state index >= 15 is 0 Å². The molecule has 4 fully saturated rings. The Kier molecular flexibility index (Phi) is 10.3. The van der Waals surface area contributed by atoms with Crippen molar-refractivity contribution in [2.45, 2.75) is 88.2 Å². The number of esters is 3. The second-order valence-electron chi connectivity index (χ2n) is 13.0. The first-order valence-corrected chi connectivity index (χ1v) is 15.6. The molecule has 2 aliphatic heterocycles. The summed E-state index contributed by atoms with van der Waals surface area (Å²) in [4.78, 5) is 38.1. The zero-order valence-electron chi connectivity index (χ0n) is 26.3. The van der Waals surface area contributed by atoms with Gasteiger partial charge in [0.2, 0.25) is 0 Å². The van der Waals surface area contributed by atoms with Crippen LogP contribution >= 0.6 is 0 Å². The van der Waals surface area contributed by atoms with Gasteiger partial charge in [0, 0.05) is 17.9 Å². The van der Waals surface area contributed by atoms with Crippen molar-refractivity contribution in [3.05, 3.63) is 66.3 Å². The Bertz CT molecular complexity index is 1400. The van der Waals surface area contributed by atoms with E-state index in [1.807, 2.05) is 0 Å². The van der Waals surface area contributed by atoms with E-state index in [2.05, 4.69) is 19.7 Å². The smallest absolute Gasteiger partial charge is 0.335 e. The fourth-order valence-electron chi connectivity index (χ4n) is 6.93. The van der Waals surface area contributed by atoms with Gasteiger partial charge in [0.05, 0.1) is 25.0 Å². The monoisotopic (exact) mass is 658 g/mol. The molecule has 256 valence electrons. The molecule has 2 saturated heterocycles. The first-order chi connectivity index (χ1) is 22.2. The number of hydrogen-bond acceptors (Lipinski definition) is 13. The van der Waals surface area contributed by atoms with Crippen molar-refractivity contribution >= 4 is 17.9 Å². The summed E-state index contributed by atoms with van der Waals surface area (Å²) in [5, 5.41) is 51.7. The zero-order chi connectivity index (χ0) is 34.3. The summed E-state index contributed by atoms with van der Waals surface area (Å²) < 4.78 is 28.8. The number of ether oxygens (including phenoxy) is 5. The van der Waals surface area contributed by atoms with Crippen molar-refractivity contribution < 1.29 is 63.6 Å². The third kappa shape index (κ3) is 6.87. The predicted octanol–water partition coefficient (Wildman–Crippen LogP) is 0.849. The maximum absolute atomic E-state index is 12.7. The van der Waals surface area contributed by atoms with E-state index in [1.165, 1.54) is 24.3 Å². The third-order valence-electron chi connectivity index (χ3n) is 9.56. The molecule has 0 bridgehead atoms. The van der Waals surface area contributed by atoms with Crippen LogP contribution in [0.5, 0.6) is 5.75 Å². The number of hydrogen-bond donors (Lipinski definition) is 5. The number of fused-ring (bicyclic) bond motifs is 3. The molecule has 0 spiro atoms. The lowest BCUT2D eigenvalue weighted by Crippen LogP contribution is -2.61. The molecule has 12 unspecified atom stereocenters. The fourth-order valence-corrected chi connectivity index (χ4v) is 6.93. The van der Waals surface area contributed by atoms with Gasteiger partial charge < -0.3 is 49.2 Å². The van der Waals surface area contributed by atoms with Crippen LogP contribution in [0.2, 0.25) is 0 Å². The molecule has 0 aromatic heterocycles. The normalized spacial score (nSPS) is 35.9. The van der Waals surface area contributed by atoms with Crippen LogP contribution in [0.1, 0.15) is 32.3 Å². The molecule has 1 aromatic rings. The SMILES string of the molecule is C=C1CC(OC(=O)C(O)C(C)C)C2C(=C)C(=O)OC2C2C(=C)C(OC3OC(CO)C(OC(=O)Cc4ccc(O)cc4)C(O)C3O)CC12. The highest BCUT2D eigenvalue weighted by Gasteiger charge is 2.58. The van der Waals surface area contributed by atoms with Crippen molar-refractivity contribution in [3.8, 4) is 5.75 Å². The van der Waals surface area contributed by atoms with Crippen molar-refractivity contribution in [2.75, 3.05) is 6.61 Å². The Labute approximate surface area is 272 Å². The second-order valence-corrected chi connectivity index (χ2v) is 13.0. The number of aliphatic hydroxyl groups is 4. The van der Waals surface area contributed by atoms with E-state index in [-0.39, 0.29) is 42.4 Å². The summed E-state index contributed by atoms with van der Waals surface area (Å²) in [6.45, 7) is 15.0. The van der Waals surface area contributed by atoms with Crippen LogP contribution in [0.3, 0.4) is 0 Å². The quantitative estimate of drug-likeness (QED) is 0.108. The Morgan fingerprint density at radius 1 is 1.04 bits per heavy atom. The van der Waals surface area contributed by atoms with Crippen LogP contribution in [-0.2, 0) is 44.5 Å². The molecule has 2 heterocycles. The summed E-state index contributed by atoms with van der Waals surface area (Å²) >= 11 is 0. The molecule has 0 amide bonds. The van der Waals surface area contributed by atoms with Crippen LogP contribution in [0.15, 0.2) is 60.7 Å². The maximum Gasteiger partial charge on any atom is 0.335 e. The molecule has 2 aliphatic carbocycles. The van der Waals surface area contributed by atoms with Crippen LogP contribution in [0, 0.1) is 23.7 Å². The number of carbonyl (C=O) groups excluding carboxylic acids is 3. The van der Waals surface area contributed by atoms with Gasteiger partial charge in [-0.3, -0.25) is 4.79 Å². The number of phenolic OH excluding ortho intramolecular Hbond substituents is 1. The maximum atomic E-state index is 12.7. The largest absolute Gasteiger partial charge is 0.508 e. The van der Waals surface area contributed by atoms with Crippen molar-refractivity contribution in [1.29, 1.82) is 0 Å². The third-order valence-corrected chi connectivity index (χ3v) is 9.56. The highest BCUT2D eigenvalue weighted by Crippen LogP contribution is 2.53. The topological polar surface area (TPSA) is 199 Å². The second kappa shape index (κ2) is 13.9. The van der Waals surface area contributed by atoms with Gasteiger partial charge in [0.1, 0.15) is 36.3 Å². The van der Waals surface area contributed by atoms with E-state index < -0.39 is 91.5 Å². The molecule has 4 aliphatic rings. The van der Waals surface area contributed by atoms with Crippen LogP contribution in [0.4, 0.5) is 0 Å². The van der Waals surface area contributed by atoms with E-state index in [0.717, 1.165) is 0 Å². The predicted molar refractivity (Wildman–Crippen MR) is 162 cm³/mol. The molecular weight excluding hydrogens is 616 g/mol.